The standard InChI is InChI=1S/C13H18N2/c14-13(12-8-2-1-3-9-12)15-10-11-6-4-5-7-11/h1-3,8-9,11H,4-7,10H2,(H2,14,15). The van der Waals surface area contributed by atoms with E-state index in [2.05, 4.69) is 4.99 Å². The second-order valence-electron chi connectivity index (χ2n) is 4.24. The van der Waals surface area contributed by atoms with Gasteiger partial charge in [0.2, 0.25) is 0 Å². The maximum Gasteiger partial charge on any atom is 0.125 e. The van der Waals surface area contributed by atoms with Crippen molar-refractivity contribution in [3.63, 3.8) is 0 Å². The van der Waals surface area contributed by atoms with Gasteiger partial charge in [-0.25, -0.2) is 0 Å². The van der Waals surface area contributed by atoms with Gasteiger partial charge in [-0.2, -0.15) is 0 Å². The summed E-state index contributed by atoms with van der Waals surface area (Å²) >= 11 is 0. The van der Waals surface area contributed by atoms with Crippen LogP contribution < -0.4 is 5.73 Å². The third-order valence-electron chi connectivity index (χ3n) is 3.06. The fraction of sp³-hybridized carbons (Fsp3) is 0.462. The highest BCUT2D eigenvalue weighted by molar-refractivity contribution is 5.97. The first-order chi connectivity index (χ1) is 7.36. The van der Waals surface area contributed by atoms with E-state index in [4.69, 9.17) is 5.73 Å². The summed E-state index contributed by atoms with van der Waals surface area (Å²) in [7, 11) is 0. The molecular weight excluding hydrogens is 184 g/mol. The molecule has 2 nitrogen and oxygen atoms in total. The summed E-state index contributed by atoms with van der Waals surface area (Å²) in [5.74, 6) is 1.45. The van der Waals surface area contributed by atoms with Gasteiger partial charge in [-0.05, 0) is 18.8 Å². The Morgan fingerprint density at radius 2 is 1.87 bits per heavy atom. The lowest BCUT2D eigenvalue weighted by Gasteiger charge is -2.05. The Balaban J connectivity index is 1.95. The molecule has 1 aromatic rings. The average Bonchev–Trinajstić information content (AvgIpc) is 2.80. The van der Waals surface area contributed by atoms with E-state index in [1.165, 1.54) is 25.7 Å². The van der Waals surface area contributed by atoms with E-state index in [0.717, 1.165) is 18.0 Å². The SMILES string of the molecule is NC(=NCC1CCCC1)c1ccccc1. The summed E-state index contributed by atoms with van der Waals surface area (Å²) in [6, 6.07) is 10.00. The van der Waals surface area contributed by atoms with Crippen molar-refractivity contribution in [3.8, 4) is 0 Å². The average molecular weight is 202 g/mol. The highest BCUT2D eigenvalue weighted by Crippen LogP contribution is 2.24. The summed E-state index contributed by atoms with van der Waals surface area (Å²) in [5, 5.41) is 0. The molecule has 0 saturated heterocycles. The first-order valence-electron chi connectivity index (χ1n) is 5.71. The molecular formula is C13H18N2. The monoisotopic (exact) mass is 202 g/mol. The lowest BCUT2D eigenvalue weighted by Crippen LogP contribution is -2.15. The van der Waals surface area contributed by atoms with Gasteiger partial charge in [0.25, 0.3) is 0 Å². The molecule has 0 heterocycles. The summed E-state index contributed by atoms with van der Waals surface area (Å²) in [6.45, 7) is 0.903. The van der Waals surface area contributed by atoms with Crippen molar-refractivity contribution < 1.29 is 0 Å². The van der Waals surface area contributed by atoms with E-state index in [1.807, 2.05) is 30.3 Å². The van der Waals surface area contributed by atoms with Crippen LogP contribution in [0.4, 0.5) is 0 Å². The number of rotatable bonds is 3. The van der Waals surface area contributed by atoms with Crippen LogP contribution in [0.2, 0.25) is 0 Å². The van der Waals surface area contributed by atoms with Gasteiger partial charge in [0.05, 0.1) is 0 Å². The molecule has 80 valence electrons. The van der Waals surface area contributed by atoms with Crippen molar-refractivity contribution in [2.24, 2.45) is 16.6 Å². The number of aliphatic imine (C=N–C) groups is 1. The van der Waals surface area contributed by atoms with Crippen LogP contribution in [0.15, 0.2) is 35.3 Å². The largest absolute Gasteiger partial charge is 0.384 e. The van der Waals surface area contributed by atoms with Gasteiger partial charge in [-0.15, -0.1) is 0 Å². The van der Waals surface area contributed by atoms with Crippen LogP contribution in [0.25, 0.3) is 0 Å². The van der Waals surface area contributed by atoms with Gasteiger partial charge < -0.3 is 5.73 Å². The predicted molar refractivity (Wildman–Crippen MR) is 64.0 cm³/mol. The van der Waals surface area contributed by atoms with Crippen LogP contribution in [0.1, 0.15) is 31.2 Å². The van der Waals surface area contributed by atoms with Crippen LogP contribution in [-0.2, 0) is 0 Å². The Kier molecular flexibility index (Phi) is 3.38. The minimum Gasteiger partial charge on any atom is -0.384 e. The van der Waals surface area contributed by atoms with Crippen LogP contribution in [0, 0.1) is 5.92 Å². The molecule has 1 saturated carbocycles. The Labute approximate surface area is 91.2 Å². The number of hydrogen-bond acceptors (Lipinski definition) is 1. The first kappa shape index (κ1) is 10.2. The Morgan fingerprint density at radius 1 is 1.20 bits per heavy atom. The highest BCUT2D eigenvalue weighted by atomic mass is 14.9. The van der Waals surface area contributed by atoms with Gasteiger partial charge in [-0.1, -0.05) is 43.2 Å². The molecule has 0 spiro atoms. The summed E-state index contributed by atoms with van der Waals surface area (Å²) in [5.41, 5.74) is 6.96. The number of nitrogens with zero attached hydrogens (tertiary/aromatic N) is 1. The molecule has 2 rings (SSSR count). The maximum atomic E-state index is 5.92. The zero-order valence-corrected chi connectivity index (χ0v) is 9.02. The quantitative estimate of drug-likeness (QED) is 0.593. The van der Waals surface area contributed by atoms with Crippen LogP contribution in [0.5, 0.6) is 0 Å². The molecule has 1 aromatic carbocycles. The fourth-order valence-corrected chi connectivity index (χ4v) is 2.12. The van der Waals surface area contributed by atoms with Gasteiger partial charge in [0.15, 0.2) is 0 Å². The van der Waals surface area contributed by atoms with Crippen molar-refractivity contribution in [2.75, 3.05) is 6.54 Å². The molecule has 1 fully saturated rings. The molecule has 0 aromatic heterocycles. The lowest BCUT2D eigenvalue weighted by atomic mass is 10.1. The molecule has 15 heavy (non-hydrogen) atoms. The van der Waals surface area contributed by atoms with Crippen molar-refractivity contribution in [2.45, 2.75) is 25.7 Å². The van der Waals surface area contributed by atoms with Crippen LogP contribution in [-0.4, -0.2) is 12.4 Å². The maximum absolute atomic E-state index is 5.92. The Bertz CT molecular complexity index is 324. The van der Waals surface area contributed by atoms with E-state index in [-0.39, 0.29) is 0 Å². The minimum absolute atomic E-state index is 0.683. The molecule has 2 N–H and O–H groups in total. The van der Waals surface area contributed by atoms with Crippen LogP contribution in [0.3, 0.4) is 0 Å². The second-order valence-corrected chi connectivity index (χ2v) is 4.24. The third kappa shape index (κ3) is 2.82. The molecule has 1 aliphatic rings. The van der Waals surface area contributed by atoms with Gasteiger partial charge in [0.1, 0.15) is 5.84 Å². The highest BCUT2D eigenvalue weighted by Gasteiger charge is 2.14. The third-order valence-corrected chi connectivity index (χ3v) is 3.06. The molecule has 0 bridgehead atoms. The second kappa shape index (κ2) is 4.96. The van der Waals surface area contributed by atoms with E-state index >= 15 is 0 Å². The van der Waals surface area contributed by atoms with Crippen molar-refractivity contribution in [1.82, 2.24) is 0 Å². The molecule has 1 aliphatic carbocycles. The lowest BCUT2D eigenvalue weighted by molar-refractivity contribution is 0.563. The van der Waals surface area contributed by atoms with Crippen LogP contribution >= 0.6 is 0 Å². The summed E-state index contributed by atoms with van der Waals surface area (Å²) in [4.78, 5) is 4.47. The van der Waals surface area contributed by atoms with Gasteiger partial charge in [-0.3, -0.25) is 4.99 Å². The number of benzene rings is 1. The molecule has 0 amide bonds. The molecule has 2 heteroatoms. The smallest absolute Gasteiger partial charge is 0.125 e. The van der Waals surface area contributed by atoms with E-state index in [1.54, 1.807) is 0 Å². The normalized spacial score (nSPS) is 18.3. The molecule has 0 aliphatic heterocycles. The molecule has 0 unspecified atom stereocenters. The molecule has 0 atom stereocenters. The van der Waals surface area contributed by atoms with Crippen molar-refractivity contribution >= 4 is 5.84 Å². The van der Waals surface area contributed by atoms with E-state index in [0.29, 0.717) is 5.84 Å². The zero-order chi connectivity index (χ0) is 10.5. The first-order valence-corrected chi connectivity index (χ1v) is 5.71. The van der Waals surface area contributed by atoms with E-state index < -0.39 is 0 Å². The molecule has 0 radical (unpaired) electrons. The Morgan fingerprint density at radius 3 is 2.53 bits per heavy atom. The zero-order valence-electron chi connectivity index (χ0n) is 9.02. The van der Waals surface area contributed by atoms with Crippen molar-refractivity contribution in [3.05, 3.63) is 35.9 Å². The van der Waals surface area contributed by atoms with Crippen molar-refractivity contribution in [1.29, 1.82) is 0 Å². The minimum atomic E-state index is 0.683. The Hall–Kier alpha value is -1.31. The topological polar surface area (TPSA) is 38.4 Å². The van der Waals surface area contributed by atoms with Gasteiger partial charge >= 0.3 is 0 Å². The van der Waals surface area contributed by atoms with Gasteiger partial charge in [0, 0.05) is 12.1 Å². The summed E-state index contributed by atoms with van der Waals surface area (Å²) < 4.78 is 0. The van der Waals surface area contributed by atoms with E-state index in [9.17, 15) is 0 Å². The number of hydrogen-bond donors (Lipinski definition) is 1. The fourth-order valence-electron chi connectivity index (χ4n) is 2.12. The number of nitrogens with two attached hydrogens (primary N) is 1. The number of amidine groups is 1. The summed E-state index contributed by atoms with van der Waals surface area (Å²) in [6.07, 6.45) is 5.38. The predicted octanol–water partition coefficient (Wildman–Crippen LogP) is 2.58.